The molecule has 1 atom stereocenters. The van der Waals surface area contributed by atoms with E-state index in [0.717, 1.165) is 0 Å². The van der Waals surface area contributed by atoms with Crippen molar-refractivity contribution in [1.29, 1.82) is 0 Å². The third kappa shape index (κ3) is 2.53. The topological polar surface area (TPSA) is 35.2 Å². The Hall–Kier alpha value is -1.09. The lowest BCUT2D eigenvalue weighted by Crippen LogP contribution is -2.19. The van der Waals surface area contributed by atoms with Crippen molar-refractivity contribution in [3.63, 3.8) is 0 Å². The van der Waals surface area contributed by atoms with Gasteiger partial charge in [-0.3, -0.25) is 0 Å². The third-order valence-corrected chi connectivity index (χ3v) is 3.17. The minimum atomic E-state index is -0.277. The van der Waals surface area contributed by atoms with Gasteiger partial charge in [-0.15, -0.1) is 0 Å². The zero-order valence-electron chi connectivity index (χ0n) is 9.58. The highest BCUT2D eigenvalue weighted by Gasteiger charge is 2.18. The Kier molecular flexibility index (Phi) is 3.44. The molecule has 1 aromatic rings. The molecule has 0 amide bonds. The van der Waals surface area contributed by atoms with Crippen molar-refractivity contribution < 1.29 is 9.13 Å². The number of rotatable bonds is 4. The first kappa shape index (κ1) is 11.4. The quantitative estimate of drug-likeness (QED) is 0.851. The predicted octanol–water partition coefficient (Wildman–Crippen LogP) is 3.02. The van der Waals surface area contributed by atoms with Crippen molar-refractivity contribution in [3.8, 4) is 5.75 Å². The van der Waals surface area contributed by atoms with Crippen molar-refractivity contribution in [2.24, 2.45) is 11.7 Å². The Morgan fingerprint density at radius 1 is 1.50 bits per heavy atom. The Morgan fingerprint density at radius 3 is 2.75 bits per heavy atom. The fourth-order valence-electron chi connectivity index (χ4n) is 1.84. The number of hydrogen-bond acceptors (Lipinski definition) is 2. The molecule has 1 aromatic carbocycles. The first-order valence-electron chi connectivity index (χ1n) is 5.84. The van der Waals surface area contributed by atoms with Crippen LogP contribution in [0.3, 0.4) is 0 Å². The Balaban J connectivity index is 1.97. The van der Waals surface area contributed by atoms with Crippen LogP contribution in [-0.2, 0) is 0 Å². The molecule has 1 fully saturated rings. The normalized spacial score (nSPS) is 17.9. The molecule has 1 aliphatic carbocycles. The molecule has 0 aliphatic heterocycles. The molecule has 0 bridgehead atoms. The van der Waals surface area contributed by atoms with Crippen LogP contribution >= 0.6 is 0 Å². The number of benzene rings is 1. The van der Waals surface area contributed by atoms with Crippen LogP contribution in [-0.4, -0.2) is 6.61 Å². The molecule has 0 heterocycles. The first-order chi connectivity index (χ1) is 7.66. The van der Waals surface area contributed by atoms with Crippen LogP contribution in [0.4, 0.5) is 4.39 Å². The molecule has 2 nitrogen and oxygen atoms in total. The van der Waals surface area contributed by atoms with Gasteiger partial charge in [-0.05, 0) is 31.7 Å². The number of halogens is 1. The third-order valence-electron chi connectivity index (χ3n) is 3.17. The molecule has 1 saturated carbocycles. The molecule has 0 aromatic heterocycles. The van der Waals surface area contributed by atoms with Gasteiger partial charge in [0.2, 0.25) is 0 Å². The largest absolute Gasteiger partial charge is 0.493 e. The van der Waals surface area contributed by atoms with Gasteiger partial charge in [-0.1, -0.05) is 12.5 Å². The maximum absolute atomic E-state index is 13.6. The summed E-state index contributed by atoms with van der Waals surface area (Å²) in [6, 6.07) is 4.65. The van der Waals surface area contributed by atoms with E-state index < -0.39 is 0 Å². The summed E-state index contributed by atoms with van der Waals surface area (Å²) in [5.74, 6) is 0.992. The standard InChI is InChI=1S/C13H18FNO/c1-9(15)12-6-5-11(7-13(12)14)16-8-10-3-2-4-10/h5-7,9-10H,2-4,8,15H2,1H3. The number of hydrogen-bond donors (Lipinski definition) is 1. The number of nitrogens with two attached hydrogens (primary N) is 1. The molecule has 2 rings (SSSR count). The van der Waals surface area contributed by atoms with Crippen LogP contribution in [0, 0.1) is 11.7 Å². The van der Waals surface area contributed by atoms with Gasteiger partial charge in [0.15, 0.2) is 0 Å². The van der Waals surface area contributed by atoms with Gasteiger partial charge < -0.3 is 10.5 Å². The molecular formula is C13H18FNO. The molecule has 1 aliphatic rings. The summed E-state index contributed by atoms with van der Waals surface area (Å²) in [5.41, 5.74) is 6.17. The van der Waals surface area contributed by atoms with Crippen LogP contribution < -0.4 is 10.5 Å². The molecule has 3 heteroatoms. The molecule has 0 spiro atoms. The van der Waals surface area contributed by atoms with E-state index in [1.807, 2.05) is 0 Å². The maximum Gasteiger partial charge on any atom is 0.131 e. The lowest BCUT2D eigenvalue weighted by atomic mass is 9.86. The van der Waals surface area contributed by atoms with Crippen molar-refractivity contribution in [1.82, 2.24) is 0 Å². The van der Waals surface area contributed by atoms with E-state index in [1.165, 1.54) is 25.3 Å². The number of ether oxygens (including phenoxy) is 1. The Morgan fingerprint density at radius 2 is 2.25 bits per heavy atom. The molecule has 0 radical (unpaired) electrons. The van der Waals surface area contributed by atoms with Crippen molar-refractivity contribution >= 4 is 0 Å². The zero-order valence-corrected chi connectivity index (χ0v) is 9.58. The van der Waals surface area contributed by atoms with Crippen molar-refractivity contribution in [3.05, 3.63) is 29.6 Å². The van der Waals surface area contributed by atoms with Crippen LogP contribution in [0.2, 0.25) is 0 Å². The van der Waals surface area contributed by atoms with E-state index >= 15 is 0 Å². The highest BCUT2D eigenvalue weighted by Crippen LogP contribution is 2.27. The lowest BCUT2D eigenvalue weighted by Gasteiger charge is -2.25. The fourth-order valence-corrected chi connectivity index (χ4v) is 1.84. The highest BCUT2D eigenvalue weighted by molar-refractivity contribution is 5.30. The highest BCUT2D eigenvalue weighted by atomic mass is 19.1. The second-order valence-corrected chi connectivity index (χ2v) is 4.58. The van der Waals surface area contributed by atoms with E-state index in [2.05, 4.69) is 0 Å². The van der Waals surface area contributed by atoms with Crippen LogP contribution in [0.25, 0.3) is 0 Å². The minimum Gasteiger partial charge on any atom is -0.493 e. The lowest BCUT2D eigenvalue weighted by molar-refractivity contribution is 0.180. The average molecular weight is 223 g/mol. The molecule has 2 N–H and O–H groups in total. The summed E-state index contributed by atoms with van der Waals surface area (Å²) in [6.45, 7) is 2.48. The van der Waals surface area contributed by atoms with Crippen molar-refractivity contribution in [2.75, 3.05) is 6.61 Å². The zero-order chi connectivity index (χ0) is 11.5. The van der Waals surface area contributed by atoms with E-state index in [4.69, 9.17) is 10.5 Å². The Labute approximate surface area is 95.6 Å². The molecule has 88 valence electrons. The van der Waals surface area contributed by atoms with Gasteiger partial charge in [-0.25, -0.2) is 4.39 Å². The summed E-state index contributed by atoms with van der Waals surface area (Å²) >= 11 is 0. The second kappa shape index (κ2) is 4.83. The average Bonchev–Trinajstić information content (AvgIpc) is 2.14. The van der Waals surface area contributed by atoms with Gasteiger partial charge in [0, 0.05) is 17.7 Å². The van der Waals surface area contributed by atoms with Gasteiger partial charge in [0.05, 0.1) is 6.61 Å². The van der Waals surface area contributed by atoms with Crippen molar-refractivity contribution in [2.45, 2.75) is 32.2 Å². The first-order valence-corrected chi connectivity index (χ1v) is 5.84. The molecular weight excluding hydrogens is 205 g/mol. The fraction of sp³-hybridized carbons (Fsp3) is 0.538. The van der Waals surface area contributed by atoms with E-state index in [9.17, 15) is 4.39 Å². The predicted molar refractivity (Wildman–Crippen MR) is 61.8 cm³/mol. The molecule has 0 saturated heterocycles. The summed E-state index contributed by atoms with van der Waals surface area (Å²) in [6.07, 6.45) is 3.77. The monoisotopic (exact) mass is 223 g/mol. The van der Waals surface area contributed by atoms with Gasteiger partial charge in [0.25, 0.3) is 0 Å². The smallest absolute Gasteiger partial charge is 0.131 e. The van der Waals surface area contributed by atoms with Crippen LogP contribution in [0.15, 0.2) is 18.2 Å². The summed E-state index contributed by atoms with van der Waals surface area (Å²) < 4.78 is 19.1. The van der Waals surface area contributed by atoms with Crippen LogP contribution in [0.1, 0.15) is 37.8 Å². The SMILES string of the molecule is CC(N)c1ccc(OCC2CCC2)cc1F. The molecule has 16 heavy (non-hydrogen) atoms. The maximum atomic E-state index is 13.6. The molecule has 1 unspecified atom stereocenters. The van der Waals surface area contributed by atoms with Crippen LogP contribution in [0.5, 0.6) is 5.75 Å². The van der Waals surface area contributed by atoms with Gasteiger partial charge in [0.1, 0.15) is 11.6 Å². The minimum absolute atomic E-state index is 0.277. The van der Waals surface area contributed by atoms with E-state index in [1.54, 1.807) is 19.1 Å². The second-order valence-electron chi connectivity index (χ2n) is 4.58. The summed E-state index contributed by atoms with van der Waals surface area (Å²) in [7, 11) is 0. The van der Waals surface area contributed by atoms with Gasteiger partial charge in [-0.2, -0.15) is 0 Å². The Bertz CT molecular complexity index is 361. The van der Waals surface area contributed by atoms with E-state index in [-0.39, 0.29) is 11.9 Å². The van der Waals surface area contributed by atoms with E-state index in [0.29, 0.717) is 23.8 Å². The summed E-state index contributed by atoms with van der Waals surface area (Å²) in [5, 5.41) is 0. The summed E-state index contributed by atoms with van der Waals surface area (Å²) in [4.78, 5) is 0. The van der Waals surface area contributed by atoms with Gasteiger partial charge >= 0.3 is 0 Å².